The van der Waals surface area contributed by atoms with Crippen LogP contribution in [0, 0.1) is 18.3 Å². The molecular formula is C23H40N2O2S. The smallest absolute Gasteiger partial charge is 0.300 e. The van der Waals surface area contributed by atoms with E-state index in [9.17, 15) is 4.79 Å². The monoisotopic (exact) mass is 408 g/mol. The fourth-order valence-electron chi connectivity index (χ4n) is 2.13. The number of nitrogens with one attached hydrogen (secondary N) is 1. The van der Waals surface area contributed by atoms with Crippen molar-refractivity contribution in [3.63, 3.8) is 0 Å². The molecule has 0 aliphatic heterocycles. The predicted octanol–water partition coefficient (Wildman–Crippen LogP) is 5.65. The van der Waals surface area contributed by atoms with Crippen molar-refractivity contribution in [3.05, 3.63) is 41.8 Å². The van der Waals surface area contributed by atoms with E-state index < -0.39 is 5.91 Å². The summed E-state index contributed by atoms with van der Waals surface area (Å²) in [5.74, 6) is 2.58. The lowest BCUT2D eigenvalue weighted by atomic mass is 9.91. The number of terminal acetylenes is 1. The van der Waals surface area contributed by atoms with Crippen molar-refractivity contribution in [2.75, 3.05) is 18.3 Å². The van der Waals surface area contributed by atoms with Crippen molar-refractivity contribution < 1.29 is 9.90 Å². The topological polar surface area (TPSA) is 75.4 Å². The van der Waals surface area contributed by atoms with E-state index in [4.69, 9.17) is 11.5 Å². The zero-order valence-corrected chi connectivity index (χ0v) is 19.1. The molecule has 4 nitrogen and oxygen atoms in total. The van der Waals surface area contributed by atoms with E-state index in [1.165, 1.54) is 32.1 Å². The van der Waals surface area contributed by atoms with Gasteiger partial charge in [-0.2, -0.15) is 0 Å². The Morgan fingerprint density at radius 1 is 1.29 bits per heavy atom. The highest BCUT2D eigenvalue weighted by Crippen LogP contribution is 2.22. The van der Waals surface area contributed by atoms with E-state index in [0.717, 1.165) is 11.6 Å². The van der Waals surface area contributed by atoms with Crippen LogP contribution in [0.3, 0.4) is 0 Å². The molecule has 2 rings (SSSR count). The third kappa shape index (κ3) is 26.5. The standard InChI is InChI=1S/C9H7NO.C7H14.C4H8S.C2H6.CH5NO/c1-2-9(11)10-8-6-4-3-5-7-8;1-7-5-3-2-4-6-7;1-3-4-5-2;1-2;2-1-3/h1,3-7H,(H,10,11);7H,2-6H2,1H3;3-4H,1-2H3;1-2H3;3H,1-2H2/b;;4-3-;;. The van der Waals surface area contributed by atoms with Crippen molar-refractivity contribution in [2.24, 2.45) is 11.7 Å². The van der Waals surface area contributed by atoms with E-state index in [1.54, 1.807) is 23.9 Å². The van der Waals surface area contributed by atoms with Crippen LogP contribution in [0.5, 0.6) is 0 Å². The van der Waals surface area contributed by atoms with Crippen LogP contribution in [0.4, 0.5) is 5.69 Å². The molecule has 0 heterocycles. The Kier molecular flexibility index (Phi) is 30.4. The van der Waals surface area contributed by atoms with E-state index in [2.05, 4.69) is 18.0 Å². The van der Waals surface area contributed by atoms with Gasteiger partial charge in [0.1, 0.15) is 0 Å². The number of benzene rings is 1. The highest BCUT2D eigenvalue weighted by molar-refractivity contribution is 8.01. The molecule has 1 saturated carbocycles. The molecule has 0 radical (unpaired) electrons. The van der Waals surface area contributed by atoms with Crippen LogP contribution in [-0.4, -0.2) is 24.0 Å². The van der Waals surface area contributed by atoms with Gasteiger partial charge in [0.15, 0.2) is 0 Å². The van der Waals surface area contributed by atoms with Crippen LogP contribution in [0.2, 0.25) is 0 Å². The number of nitrogens with two attached hydrogens (primary N) is 1. The van der Waals surface area contributed by atoms with E-state index in [0.29, 0.717) is 0 Å². The van der Waals surface area contributed by atoms with Gasteiger partial charge < -0.3 is 16.2 Å². The van der Waals surface area contributed by atoms with Gasteiger partial charge in [0.25, 0.3) is 5.91 Å². The summed E-state index contributed by atoms with van der Waals surface area (Å²) in [6, 6.07) is 9.06. The van der Waals surface area contributed by atoms with Gasteiger partial charge >= 0.3 is 0 Å². The Bertz CT molecular complexity index is 493. The highest BCUT2D eigenvalue weighted by Gasteiger charge is 2.05. The summed E-state index contributed by atoms with van der Waals surface area (Å²) in [7, 11) is 0. The molecule has 0 atom stereocenters. The first kappa shape index (κ1) is 31.0. The van der Waals surface area contributed by atoms with Crippen LogP contribution in [0.1, 0.15) is 59.8 Å². The van der Waals surface area contributed by atoms with Crippen LogP contribution in [-0.2, 0) is 4.79 Å². The molecule has 5 heteroatoms. The average molecular weight is 409 g/mol. The first-order valence-electron chi connectivity index (χ1n) is 9.83. The molecule has 1 aliphatic rings. The van der Waals surface area contributed by atoms with Crippen LogP contribution in [0.25, 0.3) is 0 Å². The van der Waals surface area contributed by atoms with Gasteiger partial charge in [-0.25, -0.2) is 0 Å². The number of allylic oxidation sites excluding steroid dienone is 1. The number of aliphatic hydroxyl groups excluding tert-OH is 1. The molecule has 0 unspecified atom stereocenters. The van der Waals surface area contributed by atoms with Crippen molar-refractivity contribution in [1.29, 1.82) is 0 Å². The quantitative estimate of drug-likeness (QED) is 0.437. The van der Waals surface area contributed by atoms with E-state index >= 15 is 0 Å². The van der Waals surface area contributed by atoms with Crippen molar-refractivity contribution in [2.45, 2.75) is 59.8 Å². The Morgan fingerprint density at radius 2 is 1.79 bits per heavy atom. The van der Waals surface area contributed by atoms with Gasteiger partial charge in [0.05, 0.1) is 6.73 Å². The number of thioether (sulfide) groups is 1. The summed E-state index contributed by atoms with van der Waals surface area (Å²) in [6.45, 7) is 8.12. The molecule has 4 N–H and O–H groups in total. The molecule has 1 aromatic rings. The second-order valence-corrected chi connectivity index (χ2v) is 6.34. The largest absolute Gasteiger partial charge is 0.382 e. The van der Waals surface area contributed by atoms with E-state index in [1.807, 2.05) is 62.6 Å². The zero-order chi connectivity index (χ0) is 22.0. The number of anilines is 1. The van der Waals surface area contributed by atoms with Gasteiger partial charge in [-0.15, -0.1) is 18.2 Å². The molecule has 160 valence electrons. The van der Waals surface area contributed by atoms with E-state index in [-0.39, 0.29) is 6.73 Å². The lowest BCUT2D eigenvalue weighted by Gasteiger charge is -2.15. The van der Waals surface area contributed by atoms with Crippen LogP contribution < -0.4 is 11.1 Å². The lowest BCUT2D eigenvalue weighted by Crippen LogP contribution is -2.07. The second-order valence-electron chi connectivity index (χ2n) is 5.60. The summed E-state index contributed by atoms with van der Waals surface area (Å²) >= 11 is 1.72. The highest BCUT2D eigenvalue weighted by atomic mass is 32.2. The van der Waals surface area contributed by atoms with Crippen molar-refractivity contribution in [1.82, 2.24) is 0 Å². The number of hydrogen-bond donors (Lipinski definition) is 3. The molecule has 0 bridgehead atoms. The SMILES string of the molecule is C#CC(=O)Nc1ccccc1.C/C=C\SC.CC.CC1CCCCC1.NCO. The summed E-state index contributed by atoms with van der Waals surface area (Å²) in [4.78, 5) is 10.6. The minimum absolute atomic E-state index is 0.250. The fraction of sp³-hybridized carbons (Fsp3) is 0.522. The minimum Gasteiger partial charge on any atom is -0.382 e. The Labute approximate surface area is 177 Å². The zero-order valence-electron chi connectivity index (χ0n) is 18.3. The number of carbonyl (C=O) groups is 1. The maximum atomic E-state index is 10.6. The first-order valence-corrected chi connectivity index (χ1v) is 11.1. The molecule has 1 aromatic carbocycles. The molecule has 0 aromatic heterocycles. The number of rotatable bonds is 2. The maximum absolute atomic E-state index is 10.6. The van der Waals surface area contributed by atoms with Gasteiger partial charge in [-0.05, 0) is 42.6 Å². The van der Waals surface area contributed by atoms with Crippen LogP contribution >= 0.6 is 11.8 Å². The Morgan fingerprint density at radius 3 is 2.07 bits per heavy atom. The Balaban J connectivity index is -0.000000318. The number of amides is 1. The first-order chi connectivity index (χ1) is 13.5. The molecule has 0 saturated heterocycles. The lowest BCUT2D eigenvalue weighted by molar-refractivity contribution is -0.111. The fourth-order valence-corrected chi connectivity index (χ4v) is 2.40. The second kappa shape index (κ2) is 27.5. The number of aliphatic hydroxyl groups is 1. The maximum Gasteiger partial charge on any atom is 0.300 e. The van der Waals surface area contributed by atoms with Crippen molar-refractivity contribution >= 4 is 23.4 Å². The molecule has 28 heavy (non-hydrogen) atoms. The Hall–Kier alpha value is -1.74. The summed E-state index contributed by atoms with van der Waals surface area (Å²) in [6.07, 6.45) is 16.4. The number of carbonyl (C=O) groups excluding carboxylic acids is 1. The summed E-state index contributed by atoms with van der Waals surface area (Å²) in [5.41, 5.74) is 5.12. The summed E-state index contributed by atoms with van der Waals surface area (Å²) < 4.78 is 0. The molecule has 1 fully saturated rings. The summed E-state index contributed by atoms with van der Waals surface area (Å²) in [5, 5.41) is 11.9. The predicted molar refractivity (Wildman–Crippen MR) is 127 cm³/mol. The third-order valence-electron chi connectivity index (χ3n) is 3.33. The normalized spacial score (nSPS) is 12.2. The number of para-hydroxylation sites is 1. The van der Waals surface area contributed by atoms with Gasteiger partial charge in [-0.3, -0.25) is 4.79 Å². The van der Waals surface area contributed by atoms with Gasteiger partial charge in [-0.1, -0.05) is 77.2 Å². The van der Waals surface area contributed by atoms with Gasteiger partial charge in [0, 0.05) is 5.69 Å². The molecular weight excluding hydrogens is 368 g/mol. The van der Waals surface area contributed by atoms with Crippen molar-refractivity contribution in [3.8, 4) is 12.3 Å². The molecule has 1 aliphatic carbocycles. The average Bonchev–Trinajstić information content (AvgIpc) is 2.73. The third-order valence-corrected chi connectivity index (χ3v) is 3.87. The van der Waals surface area contributed by atoms with Crippen LogP contribution in [0.15, 0.2) is 41.8 Å². The minimum atomic E-state index is -0.420. The van der Waals surface area contributed by atoms with Gasteiger partial charge in [0.2, 0.25) is 0 Å². The molecule has 1 amide bonds. The number of hydrogen-bond acceptors (Lipinski definition) is 4. The molecule has 0 spiro atoms.